The van der Waals surface area contributed by atoms with E-state index in [1.54, 1.807) is 0 Å². The molecule has 1 aromatic rings. The molecule has 5 heteroatoms. The summed E-state index contributed by atoms with van der Waals surface area (Å²) in [5.41, 5.74) is 1.85. The van der Waals surface area contributed by atoms with Crippen LogP contribution in [0, 0.1) is 25.2 Å². The molecule has 3 heterocycles. The molecule has 134 valence electrons. The molecule has 2 saturated heterocycles. The van der Waals surface area contributed by atoms with Crippen molar-refractivity contribution in [1.29, 1.82) is 0 Å². The van der Waals surface area contributed by atoms with Gasteiger partial charge in [0.1, 0.15) is 5.76 Å². The minimum atomic E-state index is -0.122. The Morgan fingerprint density at radius 3 is 2.58 bits per heavy atom. The van der Waals surface area contributed by atoms with Crippen LogP contribution in [0.1, 0.15) is 56.5 Å². The first-order chi connectivity index (χ1) is 11.5. The van der Waals surface area contributed by atoms with Crippen LogP contribution in [0.2, 0.25) is 0 Å². The van der Waals surface area contributed by atoms with E-state index in [0.29, 0.717) is 12.5 Å². The minimum absolute atomic E-state index is 0.122. The lowest BCUT2D eigenvalue weighted by molar-refractivity contribution is -0.167. The summed E-state index contributed by atoms with van der Waals surface area (Å²) in [5.74, 6) is 1.92. The summed E-state index contributed by atoms with van der Waals surface area (Å²) >= 11 is 0. The summed E-state index contributed by atoms with van der Waals surface area (Å²) in [7, 11) is 0. The van der Waals surface area contributed by atoms with Crippen LogP contribution in [0.4, 0.5) is 0 Å². The van der Waals surface area contributed by atoms with Crippen LogP contribution in [0.3, 0.4) is 0 Å². The van der Waals surface area contributed by atoms with Gasteiger partial charge in [-0.3, -0.25) is 4.79 Å². The number of β-lactam (4-membered cyclic amide) rings is 1. The van der Waals surface area contributed by atoms with E-state index in [9.17, 15) is 4.79 Å². The molecule has 0 saturated carbocycles. The molecule has 1 atom stereocenters. The highest BCUT2D eigenvalue weighted by Gasteiger charge is 2.53. The normalized spacial score (nSPS) is 24.9. The SMILES string of the molecule is CCC(CC)CN1CCCC2(C1)CN(Cc1c(C)noc1C)C2=O. The Balaban J connectivity index is 1.61. The van der Waals surface area contributed by atoms with Gasteiger partial charge in [0.25, 0.3) is 0 Å². The maximum absolute atomic E-state index is 12.9. The Hall–Kier alpha value is -1.36. The van der Waals surface area contributed by atoms with Gasteiger partial charge in [-0.25, -0.2) is 0 Å². The van der Waals surface area contributed by atoms with Gasteiger partial charge in [-0.15, -0.1) is 0 Å². The predicted octanol–water partition coefficient (Wildman–Crippen LogP) is 3.15. The lowest BCUT2D eigenvalue weighted by Crippen LogP contribution is -2.66. The number of carbonyl (C=O) groups is 1. The minimum Gasteiger partial charge on any atom is -0.361 e. The molecule has 1 unspecified atom stereocenters. The second-order valence-corrected chi connectivity index (χ2v) is 7.77. The van der Waals surface area contributed by atoms with E-state index in [2.05, 4.69) is 23.9 Å². The molecular formula is C19H31N3O2. The smallest absolute Gasteiger partial charge is 0.232 e. The molecule has 2 fully saturated rings. The summed E-state index contributed by atoms with van der Waals surface area (Å²) in [4.78, 5) is 17.4. The van der Waals surface area contributed by atoms with Gasteiger partial charge in [0, 0.05) is 25.2 Å². The summed E-state index contributed by atoms with van der Waals surface area (Å²) in [6.07, 6.45) is 4.65. The molecule has 1 amide bonds. The zero-order valence-electron chi connectivity index (χ0n) is 15.6. The molecule has 24 heavy (non-hydrogen) atoms. The summed E-state index contributed by atoms with van der Waals surface area (Å²) in [6.45, 7) is 13.2. The first kappa shape index (κ1) is 17.5. The van der Waals surface area contributed by atoms with Gasteiger partial charge in [0.2, 0.25) is 5.91 Å². The molecule has 2 aliphatic heterocycles. The quantitative estimate of drug-likeness (QED) is 0.751. The van der Waals surface area contributed by atoms with Crippen molar-refractivity contribution in [3.63, 3.8) is 0 Å². The monoisotopic (exact) mass is 333 g/mol. The molecule has 0 bridgehead atoms. The van der Waals surface area contributed by atoms with E-state index < -0.39 is 0 Å². The second kappa shape index (κ2) is 6.87. The Labute approximate surface area is 145 Å². The number of rotatable bonds is 6. The number of aryl methyl sites for hydroxylation is 2. The van der Waals surface area contributed by atoms with Gasteiger partial charge in [-0.05, 0) is 39.2 Å². The number of piperidine rings is 1. The number of hydrogen-bond acceptors (Lipinski definition) is 4. The fraction of sp³-hybridized carbons (Fsp3) is 0.789. The van der Waals surface area contributed by atoms with Crippen molar-refractivity contribution in [1.82, 2.24) is 15.0 Å². The molecule has 0 aliphatic carbocycles. The van der Waals surface area contributed by atoms with Crippen molar-refractivity contribution in [2.45, 2.75) is 59.9 Å². The molecule has 0 aromatic carbocycles. The van der Waals surface area contributed by atoms with Crippen LogP contribution in [0.25, 0.3) is 0 Å². The molecule has 2 aliphatic rings. The van der Waals surface area contributed by atoms with E-state index in [1.807, 2.05) is 18.7 Å². The molecule has 5 nitrogen and oxygen atoms in total. The average Bonchev–Trinajstić information content (AvgIpc) is 2.91. The molecule has 3 rings (SSSR count). The van der Waals surface area contributed by atoms with E-state index in [4.69, 9.17) is 4.52 Å². The van der Waals surface area contributed by atoms with E-state index >= 15 is 0 Å². The lowest BCUT2D eigenvalue weighted by atomic mass is 9.72. The summed E-state index contributed by atoms with van der Waals surface area (Å²) in [5, 5.41) is 4.00. The van der Waals surface area contributed by atoms with Crippen LogP contribution in [0.15, 0.2) is 4.52 Å². The maximum atomic E-state index is 12.9. The van der Waals surface area contributed by atoms with Gasteiger partial charge in [-0.2, -0.15) is 0 Å². The number of aromatic nitrogens is 1. The molecule has 0 N–H and O–H groups in total. The fourth-order valence-corrected chi connectivity index (χ4v) is 4.39. The van der Waals surface area contributed by atoms with Gasteiger partial charge in [0.05, 0.1) is 17.7 Å². The van der Waals surface area contributed by atoms with Gasteiger partial charge < -0.3 is 14.3 Å². The predicted molar refractivity (Wildman–Crippen MR) is 93.6 cm³/mol. The molecule has 0 radical (unpaired) electrons. The average molecular weight is 333 g/mol. The second-order valence-electron chi connectivity index (χ2n) is 7.77. The van der Waals surface area contributed by atoms with E-state index in [0.717, 1.165) is 62.0 Å². The number of amides is 1. The van der Waals surface area contributed by atoms with Gasteiger partial charge >= 0.3 is 0 Å². The van der Waals surface area contributed by atoms with Crippen molar-refractivity contribution in [3.8, 4) is 0 Å². The Morgan fingerprint density at radius 2 is 2.00 bits per heavy atom. The number of hydrogen-bond donors (Lipinski definition) is 0. The van der Waals surface area contributed by atoms with Crippen LogP contribution in [-0.2, 0) is 11.3 Å². The fourth-order valence-electron chi connectivity index (χ4n) is 4.39. The first-order valence-corrected chi connectivity index (χ1v) is 9.42. The zero-order chi connectivity index (χ0) is 17.3. The van der Waals surface area contributed by atoms with Crippen molar-refractivity contribution < 1.29 is 9.32 Å². The van der Waals surface area contributed by atoms with Crippen LogP contribution < -0.4 is 0 Å². The Bertz CT molecular complexity index is 574. The standard InChI is InChI=1S/C19H31N3O2/c1-5-16(6-2)10-21-9-7-8-19(12-21)13-22(18(19)23)11-17-14(3)20-24-15(17)4/h16H,5-13H2,1-4H3. The highest BCUT2D eigenvalue weighted by molar-refractivity contribution is 5.89. The number of carbonyl (C=O) groups excluding carboxylic acids is 1. The lowest BCUT2D eigenvalue weighted by Gasteiger charge is -2.53. The maximum Gasteiger partial charge on any atom is 0.232 e. The topological polar surface area (TPSA) is 49.6 Å². The third-order valence-electron chi connectivity index (χ3n) is 6.09. The van der Waals surface area contributed by atoms with Crippen LogP contribution >= 0.6 is 0 Å². The summed E-state index contributed by atoms with van der Waals surface area (Å²) in [6, 6.07) is 0. The number of nitrogens with zero attached hydrogens (tertiary/aromatic N) is 3. The van der Waals surface area contributed by atoms with Crippen LogP contribution in [0.5, 0.6) is 0 Å². The van der Waals surface area contributed by atoms with Crippen molar-refractivity contribution >= 4 is 5.91 Å². The third-order valence-corrected chi connectivity index (χ3v) is 6.09. The Kier molecular flexibility index (Phi) is 5.00. The third kappa shape index (κ3) is 3.10. The largest absolute Gasteiger partial charge is 0.361 e. The highest BCUT2D eigenvalue weighted by atomic mass is 16.5. The van der Waals surface area contributed by atoms with Gasteiger partial charge in [-0.1, -0.05) is 31.8 Å². The first-order valence-electron chi connectivity index (χ1n) is 9.42. The van der Waals surface area contributed by atoms with Gasteiger partial charge in [0.15, 0.2) is 0 Å². The van der Waals surface area contributed by atoms with E-state index in [1.165, 1.54) is 12.8 Å². The Morgan fingerprint density at radius 1 is 1.25 bits per heavy atom. The molecule has 1 spiro atoms. The van der Waals surface area contributed by atoms with Crippen molar-refractivity contribution in [2.75, 3.05) is 26.2 Å². The number of likely N-dealkylation sites (tertiary alicyclic amines) is 2. The molecular weight excluding hydrogens is 302 g/mol. The molecule has 1 aromatic heterocycles. The highest BCUT2D eigenvalue weighted by Crippen LogP contribution is 2.41. The summed E-state index contributed by atoms with van der Waals surface area (Å²) < 4.78 is 5.23. The van der Waals surface area contributed by atoms with Crippen LogP contribution in [-0.4, -0.2) is 47.0 Å². The zero-order valence-corrected chi connectivity index (χ0v) is 15.6. The van der Waals surface area contributed by atoms with Crippen molar-refractivity contribution in [3.05, 3.63) is 17.0 Å². The van der Waals surface area contributed by atoms with E-state index in [-0.39, 0.29) is 5.41 Å². The van der Waals surface area contributed by atoms with Crippen molar-refractivity contribution in [2.24, 2.45) is 11.3 Å².